The van der Waals surface area contributed by atoms with Crippen LogP contribution in [0.2, 0.25) is 0 Å². The molecule has 1 saturated heterocycles. The Morgan fingerprint density at radius 3 is 2.48 bits per heavy atom. The molecule has 2 amide bonds. The fourth-order valence-electron chi connectivity index (χ4n) is 2.75. The molecule has 25 heavy (non-hydrogen) atoms. The zero-order valence-corrected chi connectivity index (χ0v) is 13.1. The van der Waals surface area contributed by atoms with Crippen molar-refractivity contribution in [3.63, 3.8) is 0 Å². The lowest BCUT2D eigenvalue weighted by atomic mass is 10.1. The number of amides is 2. The molecular weight excluding hydrogens is 333 g/mol. The average molecular weight is 348 g/mol. The molecule has 0 aliphatic carbocycles. The van der Waals surface area contributed by atoms with E-state index in [0.29, 0.717) is 5.69 Å². The van der Waals surface area contributed by atoms with E-state index >= 15 is 0 Å². The molecule has 0 unspecified atom stereocenters. The summed E-state index contributed by atoms with van der Waals surface area (Å²) < 4.78 is 38.5. The van der Waals surface area contributed by atoms with Crippen molar-refractivity contribution in [2.24, 2.45) is 5.92 Å². The first kappa shape index (κ1) is 17.0. The number of carbonyl (C=O) groups excluding carboxylic acids is 2. The van der Waals surface area contributed by atoms with Crippen molar-refractivity contribution < 1.29 is 22.8 Å². The van der Waals surface area contributed by atoms with Crippen LogP contribution in [0.25, 0.3) is 0 Å². The molecule has 7 heteroatoms. The van der Waals surface area contributed by atoms with Crippen molar-refractivity contribution in [1.29, 1.82) is 0 Å². The lowest BCUT2D eigenvalue weighted by molar-refractivity contribution is -0.137. The van der Waals surface area contributed by atoms with Gasteiger partial charge in [-0.1, -0.05) is 24.3 Å². The minimum absolute atomic E-state index is 0.0328. The van der Waals surface area contributed by atoms with Gasteiger partial charge in [0, 0.05) is 24.3 Å². The highest BCUT2D eigenvalue weighted by atomic mass is 19.4. The van der Waals surface area contributed by atoms with Gasteiger partial charge >= 0.3 is 6.18 Å². The van der Waals surface area contributed by atoms with Crippen LogP contribution in [0.5, 0.6) is 0 Å². The summed E-state index contributed by atoms with van der Waals surface area (Å²) in [4.78, 5) is 25.7. The van der Waals surface area contributed by atoms with E-state index in [0.717, 1.165) is 12.1 Å². The van der Waals surface area contributed by atoms with Gasteiger partial charge in [-0.3, -0.25) is 9.59 Å². The van der Waals surface area contributed by atoms with Gasteiger partial charge in [0.25, 0.3) is 0 Å². The highest BCUT2D eigenvalue weighted by Crippen LogP contribution is 2.33. The van der Waals surface area contributed by atoms with E-state index in [4.69, 9.17) is 0 Å². The predicted octanol–water partition coefficient (Wildman–Crippen LogP) is 3.70. The molecule has 130 valence electrons. The second-order valence-corrected chi connectivity index (χ2v) is 5.81. The Bertz CT molecular complexity index is 790. The number of para-hydroxylation sites is 1. The summed E-state index contributed by atoms with van der Waals surface area (Å²) in [6.45, 7) is 0.0544. The van der Waals surface area contributed by atoms with Crippen molar-refractivity contribution in [2.45, 2.75) is 12.6 Å². The molecule has 0 saturated carbocycles. The van der Waals surface area contributed by atoms with E-state index in [2.05, 4.69) is 5.32 Å². The maximum atomic E-state index is 12.8. The van der Waals surface area contributed by atoms with Crippen LogP contribution >= 0.6 is 0 Å². The number of hydrogen-bond donors (Lipinski definition) is 1. The third-order valence-electron chi connectivity index (χ3n) is 4.02. The maximum absolute atomic E-state index is 12.8. The Balaban J connectivity index is 1.73. The molecule has 0 aromatic heterocycles. The van der Waals surface area contributed by atoms with Crippen LogP contribution in [-0.4, -0.2) is 18.4 Å². The molecule has 0 radical (unpaired) electrons. The third-order valence-corrected chi connectivity index (χ3v) is 4.02. The number of carbonyl (C=O) groups is 2. The third kappa shape index (κ3) is 3.81. The number of nitrogens with one attached hydrogen (secondary N) is 1. The van der Waals surface area contributed by atoms with E-state index in [-0.39, 0.29) is 30.5 Å². The van der Waals surface area contributed by atoms with Crippen LogP contribution in [0, 0.1) is 5.92 Å². The lowest BCUT2D eigenvalue weighted by Gasteiger charge is -2.18. The van der Waals surface area contributed by atoms with Gasteiger partial charge in [-0.25, -0.2) is 0 Å². The first-order chi connectivity index (χ1) is 11.8. The van der Waals surface area contributed by atoms with E-state index in [1.165, 1.54) is 17.0 Å². The number of alkyl halides is 3. The highest BCUT2D eigenvalue weighted by molar-refractivity contribution is 6.03. The predicted molar refractivity (Wildman–Crippen MR) is 87.0 cm³/mol. The second-order valence-electron chi connectivity index (χ2n) is 5.81. The van der Waals surface area contributed by atoms with E-state index in [1.54, 1.807) is 24.3 Å². The normalized spacial score (nSPS) is 17.6. The molecule has 1 fully saturated rings. The fraction of sp³-hybridized carbons (Fsp3) is 0.222. The molecule has 1 aliphatic heterocycles. The van der Waals surface area contributed by atoms with Gasteiger partial charge in [-0.2, -0.15) is 13.2 Å². The van der Waals surface area contributed by atoms with Crippen LogP contribution in [0.4, 0.5) is 24.5 Å². The number of halogens is 3. The molecule has 4 nitrogen and oxygen atoms in total. The number of benzene rings is 2. The Hall–Kier alpha value is -2.83. The van der Waals surface area contributed by atoms with Crippen molar-refractivity contribution in [3.05, 3.63) is 60.2 Å². The van der Waals surface area contributed by atoms with Gasteiger partial charge in [0.2, 0.25) is 11.8 Å². The zero-order valence-electron chi connectivity index (χ0n) is 13.1. The van der Waals surface area contributed by atoms with Gasteiger partial charge in [0.15, 0.2) is 0 Å². The quantitative estimate of drug-likeness (QED) is 0.920. The van der Waals surface area contributed by atoms with Crippen LogP contribution in [-0.2, 0) is 15.8 Å². The minimum Gasteiger partial charge on any atom is -0.326 e. The molecule has 0 bridgehead atoms. The summed E-state index contributed by atoms with van der Waals surface area (Å²) in [5.74, 6) is -1.30. The highest BCUT2D eigenvalue weighted by Gasteiger charge is 2.36. The molecule has 1 N–H and O–H groups in total. The first-order valence-electron chi connectivity index (χ1n) is 7.68. The zero-order chi connectivity index (χ0) is 18.0. The molecular formula is C18H15F3N2O2. The Labute approximate surface area is 142 Å². The van der Waals surface area contributed by atoms with Crippen LogP contribution < -0.4 is 10.2 Å². The summed E-state index contributed by atoms with van der Waals surface area (Å²) >= 11 is 0. The van der Waals surface area contributed by atoms with Gasteiger partial charge < -0.3 is 10.2 Å². The number of rotatable bonds is 3. The number of anilines is 2. The average Bonchev–Trinajstić information content (AvgIpc) is 2.97. The van der Waals surface area contributed by atoms with Gasteiger partial charge in [0.1, 0.15) is 0 Å². The number of hydrogen-bond acceptors (Lipinski definition) is 2. The molecule has 2 aromatic rings. The van der Waals surface area contributed by atoms with Gasteiger partial charge in [-0.05, 0) is 30.3 Å². The monoisotopic (exact) mass is 348 g/mol. The van der Waals surface area contributed by atoms with Gasteiger partial charge in [-0.15, -0.1) is 0 Å². The summed E-state index contributed by atoms with van der Waals surface area (Å²) in [7, 11) is 0. The minimum atomic E-state index is -4.48. The standard InChI is InChI=1S/C18H15F3N2O2/c19-18(20,21)13-5-4-8-15(10-13)23-11-12(9-16(23)24)17(25)22-14-6-2-1-3-7-14/h1-8,10,12H,9,11H2,(H,22,25)/t12-/m0/s1. The van der Waals surface area contributed by atoms with Crippen molar-refractivity contribution >= 4 is 23.2 Å². The Morgan fingerprint density at radius 1 is 1.08 bits per heavy atom. The SMILES string of the molecule is O=C(Nc1ccccc1)[C@H]1CC(=O)N(c2cccc(C(F)(F)F)c2)C1. The van der Waals surface area contributed by atoms with Crippen molar-refractivity contribution in [3.8, 4) is 0 Å². The smallest absolute Gasteiger partial charge is 0.326 e. The molecule has 3 rings (SSSR count). The molecule has 1 atom stereocenters. The Kier molecular flexibility index (Phi) is 4.48. The summed E-state index contributed by atoms with van der Waals surface area (Å²) in [6.07, 6.45) is -4.52. The lowest BCUT2D eigenvalue weighted by Crippen LogP contribution is -2.28. The molecule has 1 heterocycles. The van der Waals surface area contributed by atoms with E-state index < -0.39 is 17.7 Å². The first-order valence-corrected chi connectivity index (χ1v) is 7.68. The summed E-state index contributed by atoms with van der Waals surface area (Å²) in [5.41, 5.74) is -0.0673. The second kappa shape index (κ2) is 6.58. The van der Waals surface area contributed by atoms with E-state index in [1.807, 2.05) is 6.07 Å². The van der Waals surface area contributed by atoms with E-state index in [9.17, 15) is 22.8 Å². The molecule has 0 spiro atoms. The fourth-order valence-corrected chi connectivity index (χ4v) is 2.75. The van der Waals surface area contributed by atoms with Crippen molar-refractivity contribution in [1.82, 2.24) is 0 Å². The number of nitrogens with zero attached hydrogens (tertiary/aromatic N) is 1. The van der Waals surface area contributed by atoms with Crippen LogP contribution in [0.15, 0.2) is 54.6 Å². The maximum Gasteiger partial charge on any atom is 0.416 e. The molecule has 2 aromatic carbocycles. The van der Waals surface area contributed by atoms with Gasteiger partial charge in [0.05, 0.1) is 11.5 Å². The van der Waals surface area contributed by atoms with Crippen LogP contribution in [0.1, 0.15) is 12.0 Å². The summed E-state index contributed by atoms with van der Waals surface area (Å²) in [5, 5.41) is 2.71. The van der Waals surface area contributed by atoms with Crippen molar-refractivity contribution in [2.75, 3.05) is 16.8 Å². The molecule has 1 aliphatic rings. The van der Waals surface area contributed by atoms with Crippen LogP contribution in [0.3, 0.4) is 0 Å². The Morgan fingerprint density at radius 2 is 1.80 bits per heavy atom. The topological polar surface area (TPSA) is 49.4 Å². The largest absolute Gasteiger partial charge is 0.416 e. The summed E-state index contributed by atoms with van der Waals surface area (Å²) in [6, 6.07) is 13.4.